The quantitative estimate of drug-likeness (QED) is 0.141. The molecule has 0 unspecified atom stereocenters. The van der Waals surface area contributed by atoms with Crippen molar-refractivity contribution in [3.8, 4) is 23.1 Å². The van der Waals surface area contributed by atoms with Crippen molar-refractivity contribution in [2.75, 3.05) is 18.1 Å². The number of pyridine rings is 1. The van der Waals surface area contributed by atoms with Gasteiger partial charge < -0.3 is 25.9 Å². The first-order chi connectivity index (χ1) is 18.6. The normalized spacial score (nSPS) is 11.3. The van der Waals surface area contributed by atoms with Crippen molar-refractivity contribution >= 4 is 28.2 Å². The lowest BCUT2D eigenvalue weighted by Gasteiger charge is -2.11. The summed E-state index contributed by atoms with van der Waals surface area (Å²) < 4.78 is 64.5. The van der Waals surface area contributed by atoms with Crippen LogP contribution in [0.5, 0.6) is 17.4 Å². The molecular formula is C26H20F4N6O3. The van der Waals surface area contributed by atoms with Crippen LogP contribution in [0.15, 0.2) is 54.9 Å². The number of nitrogen functional groups attached to an aromatic ring is 2. The first-order valence-corrected chi connectivity index (χ1v) is 11.4. The van der Waals surface area contributed by atoms with E-state index < -0.39 is 36.2 Å². The van der Waals surface area contributed by atoms with Crippen LogP contribution in [-0.2, 0) is 0 Å². The molecule has 5 rings (SSSR count). The van der Waals surface area contributed by atoms with Gasteiger partial charge in [0.1, 0.15) is 18.2 Å². The third-order valence-corrected chi connectivity index (χ3v) is 5.82. The summed E-state index contributed by atoms with van der Waals surface area (Å²) in [5, 5.41) is 4.72. The standard InChI is InChI=1S/C26H20F4N6O3/c1-12-5-23(39-25-15(27)3-2-4-16(25)28)33-10-20(12)36-26(32)14(9-34-36)24(37)19-6-13-7-21(38-11-22(29)30)17(31)8-18(13)35-19/h2-10,22,35H,11,31-32H2,1H3. The minimum absolute atomic E-state index is 0.0119. The fraction of sp³-hybridized carbons (Fsp3) is 0.115. The first-order valence-electron chi connectivity index (χ1n) is 11.4. The van der Waals surface area contributed by atoms with Crippen molar-refractivity contribution in [3.05, 3.63) is 83.3 Å². The van der Waals surface area contributed by atoms with Gasteiger partial charge in [-0.2, -0.15) is 5.10 Å². The minimum atomic E-state index is -2.67. The van der Waals surface area contributed by atoms with E-state index in [-0.39, 0.29) is 34.4 Å². The van der Waals surface area contributed by atoms with E-state index in [0.717, 1.165) is 12.1 Å². The maximum atomic E-state index is 13.9. The van der Waals surface area contributed by atoms with Gasteiger partial charge in [-0.05, 0) is 42.8 Å². The molecule has 0 amide bonds. The maximum Gasteiger partial charge on any atom is 0.272 e. The lowest BCUT2D eigenvalue weighted by molar-refractivity contribution is 0.0823. The molecular weight excluding hydrogens is 520 g/mol. The highest BCUT2D eigenvalue weighted by Gasteiger charge is 2.22. The summed E-state index contributed by atoms with van der Waals surface area (Å²) in [6, 6.07) is 9.23. The van der Waals surface area contributed by atoms with E-state index in [9.17, 15) is 22.4 Å². The van der Waals surface area contributed by atoms with Crippen LogP contribution >= 0.6 is 0 Å². The van der Waals surface area contributed by atoms with Gasteiger partial charge in [-0.3, -0.25) is 4.79 Å². The number of aryl methyl sites for hydroxylation is 1. The van der Waals surface area contributed by atoms with Gasteiger partial charge >= 0.3 is 0 Å². The van der Waals surface area contributed by atoms with Crippen LogP contribution in [0.4, 0.5) is 29.1 Å². The number of hydrogen-bond donors (Lipinski definition) is 3. The zero-order valence-corrected chi connectivity index (χ0v) is 20.2. The number of ketones is 1. The molecule has 2 aromatic carbocycles. The van der Waals surface area contributed by atoms with Crippen LogP contribution in [-0.4, -0.2) is 38.6 Å². The number of alkyl halides is 2. The molecule has 200 valence electrons. The van der Waals surface area contributed by atoms with Crippen LogP contribution in [0.3, 0.4) is 0 Å². The number of fused-ring (bicyclic) bond motifs is 1. The van der Waals surface area contributed by atoms with Gasteiger partial charge in [0, 0.05) is 17.0 Å². The number of rotatable bonds is 8. The number of nitrogens with zero attached hydrogens (tertiary/aromatic N) is 3. The van der Waals surface area contributed by atoms with Gasteiger partial charge in [-0.15, -0.1) is 0 Å². The summed E-state index contributed by atoms with van der Waals surface area (Å²) in [5.41, 5.74) is 13.9. The number of H-pyrrole nitrogens is 1. The number of nitrogens with two attached hydrogens (primary N) is 2. The maximum absolute atomic E-state index is 13.9. The molecule has 5 N–H and O–H groups in total. The number of nitrogens with one attached hydrogen (secondary N) is 1. The molecule has 3 heterocycles. The molecule has 0 radical (unpaired) electrons. The molecule has 0 saturated heterocycles. The van der Waals surface area contributed by atoms with Gasteiger partial charge in [-0.1, -0.05) is 6.07 Å². The lowest BCUT2D eigenvalue weighted by atomic mass is 10.1. The molecule has 0 atom stereocenters. The smallest absolute Gasteiger partial charge is 0.272 e. The van der Waals surface area contributed by atoms with E-state index >= 15 is 0 Å². The molecule has 0 aliphatic rings. The molecule has 0 aliphatic carbocycles. The van der Waals surface area contributed by atoms with E-state index in [1.54, 1.807) is 6.92 Å². The Bertz CT molecular complexity index is 1700. The van der Waals surface area contributed by atoms with Gasteiger partial charge in [-0.25, -0.2) is 27.2 Å². The first kappa shape index (κ1) is 25.6. The Morgan fingerprint density at radius 1 is 1.10 bits per heavy atom. The molecule has 13 heteroatoms. The van der Waals surface area contributed by atoms with Crippen LogP contribution in [0.25, 0.3) is 16.6 Å². The molecule has 39 heavy (non-hydrogen) atoms. The van der Waals surface area contributed by atoms with Crippen LogP contribution in [0.2, 0.25) is 0 Å². The fourth-order valence-corrected chi connectivity index (χ4v) is 3.93. The minimum Gasteiger partial charge on any atom is -0.485 e. The molecule has 0 spiro atoms. The number of hydrogen-bond acceptors (Lipinski definition) is 7. The number of benzene rings is 2. The van der Waals surface area contributed by atoms with Crippen molar-refractivity contribution in [2.45, 2.75) is 13.3 Å². The average Bonchev–Trinajstić information content (AvgIpc) is 3.47. The number of para-hydroxylation sites is 1. The van der Waals surface area contributed by atoms with Crippen LogP contribution < -0.4 is 20.9 Å². The number of carbonyl (C=O) groups is 1. The summed E-state index contributed by atoms with van der Waals surface area (Å²) >= 11 is 0. The zero-order valence-electron chi connectivity index (χ0n) is 20.2. The van der Waals surface area contributed by atoms with E-state index in [1.807, 2.05) is 0 Å². The Morgan fingerprint density at radius 3 is 2.54 bits per heavy atom. The van der Waals surface area contributed by atoms with Crippen molar-refractivity contribution in [1.82, 2.24) is 19.7 Å². The molecule has 9 nitrogen and oxygen atoms in total. The van der Waals surface area contributed by atoms with Gasteiger partial charge in [0.25, 0.3) is 6.43 Å². The van der Waals surface area contributed by atoms with Crippen LogP contribution in [0.1, 0.15) is 21.6 Å². The highest BCUT2D eigenvalue weighted by atomic mass is 19.3. The van der Waals surface area contributed by atoms with E-state index in [1.165, 1.54) is 47.4 Å². The largest absolute Gasteiger partial charge is 0.485 e. The Kier molecular flexibility index (Phi) is 6.56. The topological polar surface area (TPSA) is 134 Å². The third kappa shape index (κ3) is 4.93. The van der Waals surface area contributed by atoms with Crippen molar-refractivity contribution in [1.29, 1.82) is 0 Å². The average molecular weight is 540 g/mol. The number of anilines is 2. The Morgan fingerprint density at radius 2 is 1.85 bits per heavy atom. The molecule has 5 aromatic rings. The summed E-state index contributed by atoms with van der Waals surface area (Å²) in [7, 11) is 0. The van der Waals surface area contributed by atoms with Crippen molar-refractivity contribution < 1.29 is 31.8 Å². The van der Waals surface area contributed by atoms with Gasteiger partial charge in [0.05, 0.1) is 35.0 Å². The second-order valence-electron chi connectivity index (χ2n) is 8.51. The highest BCUT2D eigenvalue weighted by Crippen LogP contribution is 2.31. The zero-order chi connectivity index (χ0) is 27.8. The molecule has 0 bridgehead atoms. The molecule has 0 saturated carbocycles. The van der Waals surface area contributed by atoms with E-state index in [2.05, 4.69) is 15.1 Å². The fourth-order valence-electron chi connectivity index (χ4n) is 3.93. The number of aromatic amines is 1. The van der Waals surface area contributed by atoms with Crippen LogP contribution in [0, 0.1) is 18.6 Å². The van der Waals surface area contributed by atoms with Gasteiger partial charge in [0.15, 0.2) is 11.6 Å². The second kappa shape index (κ2) is 10.0. The summed E-state index contributed by atoms with van der Waals surface area (Å²) in [6.45, 7) is 0.864. The SMILES string of the molecule is Cc1cc(Oc2c(F)cccc2F)ncc1-n1ncc(C(=O)c2cc3cc(OCC(F)F)c(N)cc3[nH]2)c1N. The third-order valence-electron chi connectivity index (χ3n) is 5.82. The van der Waals surface area contributed by atoms with Crippen molar-refractivity contribution in [2.24, 2.45) is 0 Å². The predicted molar refractivity (Wildman–Crippen MR) is 135 cm³/mol. The number of aromatic nitrogens is 4. The number of halogens is 4. The predicted octanol–water partition coefficient (Wildman–Crippen LogP) is 5.17. The van der Waals surface area contributed by atoms with E-state index in [4.69, 9.17) is 20.9 Å². The van der Waals surface area contributed by atoms with E-state index in [0.29, 0.717) is 22.2 Å². The summed E-state index contributed by atoms with van der Waals surface area (Å²) in [5.74, 6) is -2.81. The molecule has 0 fully saturated rings. The summed E-state index contributed by atoms with van der Waals surface area (Å²) in [6.07, 6.45) is -0.0403. The van der Waals surface area contributed by atoms with Crippen molar-refractivity contribution in [3.63, 3.8) is 0 Å². The number of ether oxygens (including phenoxy) is 2. The molecule has 0 aliphatic heterocycles. The Labute approximate surface area is 218 Å². The molecule has 3 aromatic heterocycles. The second-order valence-corrected chi connectivity index (χ2v) is 8.51. The summed E-state index contributed by atoms with van der Waals surface area (Å²) in [4.78, 5) is 20.3. The van der Waals surface area contributed by atoms with Gasteiger partial charge in [0.2, 0.25) is 17.4 Å². The Balaban J connectivity index is 1.41. The monoisotopic (exact) mass is 540 g/mol. The Hall–Kier alpha value is -5.07. The highest BCUT2D eigenvalue weighted by molar-refractivity contribution is 6.12. The lowest BCUT2D eigenvalue weighted by Crippen LogP contribution is -2.09. The number of carbonyl (C=O) groups excluding carboxylic acids is 1.